The van der Waals surface area contributed by atoms with Crippen LogP contribution in [-0.2, 0) is 19.1 Å². The minimum atomic E-state index is -1.42. The maximum Gasteiger partial charge on any atom is 0.408 e. The molecular formula is C27H34N2O6. The molecule has 0 unspecified atom stereocenters. The van der Waals surface area contributed by atoms with Gasteiger partial charge in [-0.1, -0.05) is 48.5 Å². The number of carbonyl (C=O) groups is 3. The summed E-state index contributed by atoms with van der Waals surface area (Å²) in [6.07, 6.45) is -1.56. The van der Waals surface area contributed by atoms with Gasteiger partial charge in [0.25, 0.3) is 0 Å². The number of carbonyl (C=O) groups excluding carboxylic acids is 2. The molecule has 1 aliphatic rings. The zero-order chi connectivity index (χ0) is 26.0. The molecule has 8 nitrogen and oxygen atoms in total. The Morgan fingerprint density at radius 1 is 0.943 bits per heavy atom. The summed E-state index contributed by atoms with van der Waals surface area (Å²) in [5.74, 6) is -2.01. The third-order valence-corrected chi connectivity index (χ3v) is 5.89. The molecule has 0 saturated carbocycles. The van der Waals surface area contributed by atoms with Crippen molar-refractivity contribution in [3.8, 4) is 11.1 Å². The van der Waals surface area contributed by atoms with Gasteiger partial charge in [0.2, 0.25) is 5.91 Å². The lowest BCUT2D eigenvalue weighted by molar-refractivity contribution is -0.151. The normalized spacial score (nSPS) is 14.9. The molecule has 0 saturated heterocycles. The second kappa shape index (κ2) is 10.1. The lowest BCUT2D eigenvalue weighted by Crippen LogP contribution is -2.60. The van der Waals surface area contributed by atoms with Crippen molar-refractivity contribution in [1.29, 1.82) is 0 Å². The lowest BCUT2D eigenvalue weighted by Gasteiger charge is -2.32. The standard InChI is InChI=1S/C27H34N2O6/c1-16(35-26(2,3)4)22(23(30)31)28-24(32)27(5,6)29-25(33)34-15-21-19-13-9-7-11-17(19)18-12-8-10-14-20(18)21/h7-14,16,21-22H,15H2,1-6H3,(H,28,32)(H,29,33)(H,30,31)/t16-,22+/m1/s1. The minimum absolute atomic E-state index is 0.103. The molecule has 0 radical (unpaired) electrons. The first-order chi connectivity index (χ1) is 16.3. The Morgan fingerprint density at radius 3 is 1.94 bits per heavy atom. The van der Waals surface area contributed by atoms with E-state index in [-0.39, 0.29) is 12.5 Å². The highest BCUT2D eigenvalue weighted by molar-refractivity contribution is 5.92. The number of ether oxygens (including phenoxy) is 2. The van der Waals surface area contributed by atoms with E-state index in [4.69, 9.17) is 9.47 Å². The smallest absolute Gasteiger partial charge is 0.408 e. The maximum absolute atomic E-state index is 12.9. The first-order valence-electron chi connectivity index (χ1n) is 11.6. The molecule has 188 valence electrons. The molecule has 2 aromatic carbocycles. The van der Waals surface area contributed by atoms with Gasteiger partial charge in [-0.2, -0.15) is 0 Å². The molecule has 2 atom stereocenters. The largest absolute Gasteiger partial charge is 0.480 e. The van der Waals surface area contributed by atoms with Crippen LogP contribution in [0.5, 0.6) is 0 Å². The number of hydrogen-bond acceptors (Lipinski definition) is 5. The monoisotopic (exact) mass is 482 g/mol. The minimum Gasteiger partial charge on any atom is -0.480 e. The number of nitrogens with one attached hydrogen (secondary N) is 2. The van der Waals surface area contributed by atoms with E-state index >= 15 is 0 Å². The van der Waals surface area contributed by atoms with Gasteiger partial charge < -0.3 is 25.2 Å². The summed E-state index contributed by atoms with van der Waals surface area (Å²) >= 11 is 0. The Balaban J connectivity index is 1.63. The molecule has 2 amide bonds. The first kappa shape index (κ1) is 26.2. The Bertz CT molecular complexity index is 1060. The number of carboxylic acids is 1. The highest BCUT2D eigenvalue weighted by atomic mass is 16.5. The van der Waals surface area contributed by atoms with E-state index in [1.807, 2.05) is 48.5 Å². The van der Waals surface area contributed by atoms with E-state index in [0.29, 0.717) is 0 Å². The van der Waals surface area contributed by atoms with Crippen molar-refractivity contribution in [3.63, 3.8) is 0 Å². The predicted octanol–water partition coefficient (Wildman–Crippen LogP) is 4.08. The van der Waals surface area contributed by atoms with E-state index < -0.39 is 41.3 Å². The molecule has 0 spiro atoms. The lowest BCUT2D eigenvalue weighted by atomic mass is 9.98. The van der Waals surface area contributed by atoms with Gasteiger partial charge in [-0.05, 0) is 63.8 Å². The van der Waals surface area contributed by atoms with Crippen LogP contribution in [0.15, 0.2) is 48.5 Å². The van der Waals surface area contributed by atoms with Crippen molar-refractivity contribution in [3.05, 3.63) is 59.7 Å². The summed E-state index contributed by atoms with van der Waals surface area (Å²) in [7, 11) is 0. The summed E-state index contributed by atoms with van der Waals surface area (Å²) < 4.78 is 11.2. The van der Waals surface area contributed by atoms with Crippen LogP contribution in [0.1, 0.15) is 58.6 Å². The molecular weight excluding hydrogens is 448 g/mol. The van der Waals surface area contributed by atoms with Gasteiger partial charge in [-0.25, -0.2) is 9.59 Å². The van der Waals surface area contributed by atoms with Crippen LogP contribution < -0.4 is 10.6 Å². The van der Waals surface area contributed by atoms with E-state index in [1.54, 1.807) is 27.7 Å². The molecule has 1 aliphatic carbocycles. The predicted molar refractivity (Wildman–Crippen MR) is 132 cm³/mol. The van der Waals surface area contributed by atoms with E-state index in [9.17, 15) is 19.5 Å². The van der Waals surface area contributed by atoms with Gasteiger partial charge in [0.1, 0.15) is 12.1 Å². The number of hydrogen-bond donors (Lipinski definition) is 3. The van der Waals surface area contributed by atoms with Gasteiger partial charge in [0, 0.05) is 5.92 Å². The van der Waals surface area contributed by atoms with Crippen LogP contribution >= 0.6 is 0 Å². The van der Waals surface area contributed by atoms with Crippen LogP contribution in [0.4, 0.5) is 4.79 Å². The van der Waals surface area contributed by atoms with Crippen molar-refractivity contribution in [2.24, 2.45) is 0 Å². The third kappa shape index (κ3) is 6.19. The molecule has 0 heterocycles. The Hall–Kier alpha value is -3.39. The molecule has 3 rings (SSSR count). The van der Waals surface area contributed by atoms with Gasteiger partial charge in [-0.3, -0.25) is 4.79 Å². The molecule has 0 aromatic heterocycles. The first-order valence-corrected chi connectivity index (χ1v) is 11.6. The molecule has 0 fully saturated rings. The Labute approximate surface area is 206 Å². The SMILES string of the molecule is C[C@@H](OC(C)(C)C)[C@H](NC(=O)C(C)(C)NC(=O)OCC1c2ccccc2-c2ccccc21)C(=O)O. The average Bonchev–Trinajstić information content (AvgIpc) is 3.07. The Morgan fingerprint density at radius 2 is 1.46 bits per heavy atom. The van der Waals surface area contributed by atoms with Crippen LogP contribution in [0, 0.1) is 0 Å². The number of benzene rings is 2. The fourth-order valence-corrected chi connectivity index (χ4v) is 4.27. The van der Waals surface area contributed by atoms with E-state index in [0.717, 1.165) is 22.3 Å². The molecule has 2 aromatic rings. The van der Waals surface area contributed by atoms with Crippen LogP contribution in [0.2, 0.25) is 0 Å². The van der Waals surface area contributed by atoms with Crippen LogP contribution in [0.3, 0.4) is 0 Å². The molecule has 0 bridgehead atoms. The number of carboxylic acid groups (broad SMARTS) is 1. The second-order valence-corrected chi connectivity index (χ2v) is 10.3. The van der Waals surface area contributed by atoms with Gasteiger partial charge in [-0.15, -0.1) is 0 Å². The average molecular weight is 483 g/mol. The number of aliphatic carboxylic acids is 1. The van der Waals surface area contributed by atoms with Crippen molar-refractivity contribution in [1.82, 2.24) is 10.6 Å². The number of fused-ring (bicyclic) bond motifs is 3. The summed E-state index contributed by atoms with van der Waals surface area (Å²) in [5, 5.41) is 14.6. The third-order valence-electron chi connectivity index (χ3n) is 5.89. The van der Waals surface area contributed by atoms with E-state index in [1.165, 1.54) is 13.8 Å². The topological polar surface area (TPSA) is 114 Å². The van der Waals surface area contributed by atoms with Crippen molar-refractivity contribution in [2.45, 2.75) is 70.7 Å². The highest BCUT2D eigenvalue weighted by Crippen LogP contribution is 2.44. The summed E-state index contributed by atoms with van der Waals surface area (Å²) in [6, 6.07) is 14.7. The molecule has 0 aliphatic heterocycles. The highest BCUT2D eigenvalue weighted by Gasteiger charge is 2.37. The van der Waals surface area contributed by atoms with Gasteiger partial charge in [0.15, 0.2) is 6.04 Å². The van der Waals surface area contributed by atoms with E-state index in [2.05, 4.69) is 10.6 Å². The molecule has 8 heteroatoms. The van der Waals surface area contributed by atoms with Crippen LogP contribution in [0.25, 0.3) is 11.1 Å². The summed E-state index contributed by atoms with van der Waals surface area (Å²) in [6.45, 7) is 10.0. The molecule has 35 heavy (non-hydrogen) atoms. The fraction of sp³-hybridized carbons (Fsp3) is 0.444. The zero-order valence-corrected chi connectivity index (χ0v) is 21.0. The quantitative estimate of drug-likeness (QED) is 0.523. The van der Waals surface area contributed by atoms with Crippen molar-refractivity contribution in [2.75, 3.05) is 6.61 Å². The number of amides is 2. The number of alkyl carbamates (subject to hydrolysis) is 1. The van der Waals surface area contributed by atoms with Gasteiger partial charge in [0.05, 0.1) is 11.7 Å². The Kier molecular flexibility index (Phi) is 7.55. The van der Waals surface area contributed by atoms with Gasteiger partial charge >= 0.3 is 12.1 Å². The van der Waals surface area contributed by atoms with Crippen molar-refractivity contribution >= 4 is 18.0 Å². The maximum atomic E-state index is 12.9. The fourth-order valence-electron chi connectivity index (χ4n) is 4.27. The zero-order valence-electron chi connectivity index (χ0n) is 21.0. The van der Waals surface area contributed by atoms with Crippen LogP contribution in [-0.4, -0.2) is 53.0 Å². The summed E-state index contributed by atoms with van der Waals surface area (Å²) in [5.41, 5.74) is 2.38. The summed E-state index contributed by atoms with van der Waals surface area (Å²) in [4.78, 5) is 37.3. The van der Waals surface area contributed by atoms with Crippen molar-refractivity contribution < 1.29 is 29.0 Å². The second-order valence-electron chi connectivity index (χ2n) is 10.3. The number of rotatable bonds is 8. The molecule has 3 N–H and O–H groups in total.